The lowest BCUT2D eigenvalue weighted by Gasteiger charge is -2.13. The summed E-state index contributed by atoms with van der Waals surface area (Å²) < 4.78 is 23.5. The largest absolute Gasteiger partial charge is 0.229 e. The fourth-order valence-electron chi connectivity index (χ4n) is 1.93. The van der Waals surface area contributed by atoms with E-state index in [1.54, 1.807) is 6.92 Å². The first kappa shape index (κ1) is 11.5. The van der Waals surface area contributed by atoms with Crippen LogP contribution in [0.1, 0.15) is 39.0 Å². The number of hydrogen-bond donors (Lipinski definition) is 0. The molecule has 1 atom stereocenters. The summed E-state index contributed by atoms with van der Waals surface area (Å²) in [6.45, 7) is 1.63. The van der Waals surface area contributed by atoms with Gasteiger partial charge in [0.2, 0.25) is 0 Å². The van der Waals surface area contributed by atoms with Crippen LogP contribution in [0.4, 0.5) is 0 Å². The number of hydrogen-bond acceptors (Lipinski definition) is 3. The second-order valence-electron chi connectivity index (χ2n) is 4.15. The van der Waals surface area contributed by atoms with Gasteiger partial charge in [-0.05, 0) is 25.7 Å². The van der Waals surface area contributed by atoms with Gasteiger partial charge < -0.3 is 0 Å². The molecule has 0 heterocycles. The molecule has 0 aromatic heterocycles. The Kier molecular flexibility index (Phi) is 3.94. The Bertz CT molecular complexity index is 310. The minimum Gasteiger partial charge on any atom is -0.229 e. The monoisotopic (exact) mass is 215 g/mol. The quantitative estimate of drug-likeness (QED) is 0.719. The number of sulfone groups is 1. The van der Waals surface area contributed by atoms with Crippen molar-refractivity contribution in [1.29, 1.82) is 5.26 Å². The van der Waals surface area contributed by atoms with Crippen molar-refractivity contribution in [2.24, 2.45) is 5.92 Å². The maximum absolute atomic E-state index is 11.7. The molecular weight excluding hydrogens is 198 g/mol. The Labute approximate surface area is 86.0 Å². The number of nitrogens with zero attached hydrogens (tertiary/aromatic N) is 1. The van der Waals surface area contributed by atoms with Crippen LogP contribution in [0.5, 0.6) is 0 Å². The topological polar surface area (TPSA) is 57.9 Å². The highest BCUT2D eigenvalue weighted by atomic mass is 32.2. The van der Waals surface area contributed by atoms with Gasteiger partial charge in [0.05, 0.1) is 23.5 Å². The predicted molar refractivity (Wildman–Crippen MR) is 55.4 cm³/mol. The van der Waals surface area contributed by atoms with Crippen molar-refractivity contribution in [2.45, 2.75) is 44.3 Å². The average molecular weight is 215 g/mol. The van der Waals surface area contributed by atoms with Gasteiger partial charge in [-0.15, -0.1) is 0 Å². The fraction of sp³-hybridized carbons (Fsp3) is 0.900. The molecule has 0 spiro atoms. The lowest BCUT2D eigenvalue weighted by atomic mass is 10.1. The Hall–Kier alpha value is -0.560. The SMILES string of the molecule is CC(CC#N)S(=O)(=O)CC1CCCC1. The zero-order valence-corrected chi connectivity index (χ0v) is 9.39. The van der Waals surface area contributed by atoms with E-state index in [0.29, 0.717) is 5.92 Å². The molecule has 1 unspecified atom stereocenters. The smallest absolute Gasteiger partial charge is 0.154 e. The Morgan fingerprint density at radius 3 is 2.50 bits per heavy atom. The van der Waals surface area contributed by atoms with E-state index in [9.17, 15) is 8.42 Å². The molecule has 1 aliphatic rings. The lowest BCUT2D eigenvalue weighted by Crippen LogP contribution is -2.24. The van der Waals surface area contributed by atoms with Gasteiger partial charge in [-0.2, -0.15) is 5.26 Å². The van der Waals surface area contributed by atoms with Crippen LogP contribution < -0.4 is 0 Å². The van der Waals surface area contributed by atoms with Crippen LogP contribution in [0.2, 0.25) is 0 Å². The normalized spacial score (nSPS) is 20.6. The molecule has 14 heavy (non-hydrogen) atoms. The van der Waals surface area contributed by atoms with Crippen molar-refractivity contribution >= 4 is 9.84 Å². The zero-order chi connectivity index (χ0) is 10.6. The second kappa shape index (κ2) is 4.79. The first-order valence-corrected chi connectivity index (χ1v) is 6.86. The van der Waals surface area contributed by atoms with E-state index in [4.69, 9.17) is 5.26 Å². The zero-order valence-electron chi connectivity index (χ0n) is 8.57. The van der Waals surface area contributed by atoms with E-state index in [1.165, 1.54) is 0 Å². The molecule has 0 radical (unpaired) electrons. The standard InChI is InChI=1S/C10H17NO2S/c1-9(6-7-11)14(12,13)8-10-4-2-3-5-10/h9-10H,2-6,8H2,1H3. The molecule has 1 aliphatic carbocycles. The predicted octanol–water partition coefficient (Wildman–Crippen LogP) is 1.89. The highest BCUT2D eigenvalue weighted by Gasteiger charge is 2.26. The lowest BCUT2D eigenvalue weighted by molar-refractivity contribution is 0.549. The summed E-state index contributed by atoms with van der Waals surface area (Å²) in [5, 5.41) is 7.95. The summed E-state index contributed by atoms with van der Waals surface area (Å²) in [5.41, 5.74) is 0. The number of nitriles is 1. The molecule has 3 nitrogen and oxygen atoms in total. The molecule has 0 aromatic carbocycles. The molecule has 0 amide bonds. The van der Waals surface area contributed by atoms with Crippen LogP contribution in [0.15, 0.2) is 0 Å². The molecule has 0 aromatic rings. The Morgan fingerprint density at radius 2 is 2.00 bits per heavy atom. The molecule has 80 valence electrons. The van der Waals surface area contributed by atoms with Crippen LogP contribution >= 0.6 is 0 Å². The third-order valence-corrected chi connectivity index (χ3v) is 5.26. The fourth-order valence-corrected chi connectivity index (χ4v) is 3.57. The van der Waals surface area contributed by atoms with Crippen LogP contribution in [0.25, 0.3) is 0 Å². The minimum atomic E-state index is -3.03. The van der Waals surface area contributed by atoms with E-state index < -0.39 is 15.1 Å². The molecule has 0 saturated heterocycles. The summed E-state index contributed by atoms with van der Waals surface area (Å²) in [6, 6.07) is 1.92. The summed E-state index contributed by atoms with van der Waals surface area (Å²) in [5.74, 6) is 0.636. The molecule has 0 N–H and O–H groups in total. The first-order chi connectivity index (χ1) is 6.56. The van der Waals surface area contributed by atoms with E-state index in [2.05, 4.69) is 0 Å². The van der Waals surface area contributed by atoms with Crippen molar-refractivity contribution in [1.82, 2.24) is 0 Å². The maximum atomic E-state index is 11.7. The van der Waals surface area contributed by atoms with Crippen molar-refractivity contribution < 1.29 is 8.42 Å². The van der Waals surface area contributed by atoms with Gasteiger partial charge in [0.15, 0.2) is 9.84 Å². The maximum Gasteiger partial charge on any atom is 0.154 e. The third kappa shape index (κ3) is 2.98. The number of rotatable bonds is 4. The van der Waals surface area contributed by atoms with Gasteiger partial charge in [-0.25, -0.2) is 8.42 Å². The molecular formula is C10H17NO2S. The molecule has 1 saturated carbocycles. The highest BCUT2D eigenvalue weighted by molar-refractivity contribution is 7.92. The first-order valence-electron chi connectivity index (χ1n) is 5.15. The summed E-state index contributed by atoms with van der Waals surface area (Å²) in [7, 11) is -3.03. The van der Waals surface area contributed by atoms with Crippen LogP contribution in [-0.4, -0.2) is 19.4 Å². The van der Waals surface area contributed by atoms with E-state index in [1.807, 2.05) is 6.07 Å². The minimum absolute atomic E-state index is 0.120. The van der Waals surface area contributed by atoms with Crippen LogP contribution in [0, 0.1) is 17.2 Å². The molecule has 4 heteroatoms. The summed E-state index contributed by atoms with van der Waals surface area (Å²) in [4.78, 5) is 0. The van der Waals surface area contributed by atoms with Gasteiger partial charge in [0, 0.05) is 0 Å². The van der Waals surface area contributed by atoms with Gasteiger partial charge >= 0.3 is 0 Å². The summed E-state index contributed by atoms with van der Waals surface area (Å²) >= 11 is 0. The van der Waals surface area contributed by atoms with E-state index >= 15 is 0 Å². The van der Waals surface area contributed by atoms with Gasteiger partial charge in [0.1, 0.15) is 0 Å². The van der Waals surface area contributed by atoms with E-state index in [-0.39, 0.29) is 12.2 Å². The van der Waals surface area contributed by atoms with Gasteiger partial charge in [-0.1, -0.05) is 12.8 Å². The average Bonchev–Trinajstić information content (AvgIpc) is 2.56. The van der Waals surface area contributed by atoms with Crippen LogP contribution in [-0.2, 0) is 9.84 Å². The van der Waals surface area contributed by atoms with Gasteiger partial charge in [0.25, 0.3) is 0 Å². The highest BCUT2D eigenvalue weighted by Crippen LogP contribution is 2.27. The molecule has 0 bridgehead atoms. The van der Waals surface area contributed by atoms with Crippen molar-refractivity contribution in [2.75, 3.05) is 5.75 Å². The van der Waals surface area contributed by atoms with Crippen molar-refractivity contribution in [3.05, 3.63) is 0 Å². The van der Waals surface area contributed by atoms with Crippen molar-refractivity contribution in [3.63, 3.8) is 0 Å². The second-order valence-corrected chi connectivity index (χ2v) is 6.62. The summed E-state index contributed by atoms with van der Waals surface area (Å²) in [6.07, 6.45) is 4.52. The van der Waals surface area contributed by atoms with Crippen molar-refractivity contribution in [3.8, 4) is 6.07 Å². The third-order valence-electron chi connectivity index (χ3n) is 2.93. The molecule has 0 aliphatic heterocycles. The Balaban J connectivity index is 2.52. The Morgan fingerprint density at radius 1 is 1.43 bits per heavy atom. The van der Waals surface area contributed by atoms with E-state index in [0.717, 1.165) is 25.7 Å². The van der Waals surface area contributed by atoms with Crippen LogP contribution in [0.3, 0.4) is 0 Å². The van der Waals surface area contributed by atoms with Gasteiger partial charge in [-0.3, -0.25) is 0 Å². The molecule has 1 fully saturated rings. The molecule has 1 rings (SSSR count).